The van der Waals surface area contributed by atoms with E-state index < -0.39 is 18.1 Å². The number of rotatable bonds is 15. The minimum atomic E-state index is -1.05. The molecule has 1 aliphatic rings. The number of β-amino-alcohol motifs (C(OH)–C–C–N with tert-alkyl or cyclic N) is 1. The maximum Gasteiger partial charge on any atom is 0.326 e. The van der Waals surface area contributed by atoms with Gasteiger partial charge in [-0.1, -0.05) is 79.8 Å². The highest BCUT2D eigenvalue weighted by molar-refractivity contribution is 5.84. The van der Waals surface area contributed by atoms with Gasteiger partial charge in [-0.2, -0.15) is 0 Å². The Hall–Kier alpha value is -2.66. The molecule has 176 valence electrons. The van der Waals surface area contributed by atoms with Crippen LogP contribution in [0.25, 0.3) is 0 Å². The van der Waals surface area contributed by atoms with Gasteiger partial charge in [-0.05, 0) is 44.9 Å². The molecule has 0 aromatic heterocycles. The first-order valence-electron chi connectivity index (χ1n) is 11.7. The largest absolute Gasteiger partial charge is 0.480 e. The Kier molecular flexibility index (Phi) is 15.4. The Morgan fingerprint density at radius 2 is 1.22 bits per heavy atom. The van der Waals surface area contributed by atoms with Crippen LogP contribution in [-0.2, 0) is 9.59 Å². The lowest BCUT2D eigenvalue weighted by molar-refractivity contribution is -0.148. The molecular formula is C27H39NO4. The zero-order valence-corrected chi connectivity index (χ0v) is 19.3. The van der Waals surface area contributed by atoms with Crippen LogP contribution >= 0.6 is 0 Å². The first-order valence-corrected chi connectivity index (χ1v) is 11.7. The van der Waals surface area contributed by atoms with E-state index in [4.69, 9.17) is 5.11 Å². The fourth-order valence-electron chi connectivity index (χ4n) is 3.31. The predicted octanol–water partition coefficient (Wildman–Crippen LogP) is 5.51. The summed E-state index contributed by atoms with van der Waals surface area (Å²) >= 11 is 0. The molecular weight excluding hydrogens is 402 g/mol. The van der Waals surface area contributed by atoms with Crippen LogP contribution in [0.3, 0.4) is 0 Å². The molecule has 5 nitrogen and oxygen atoms in total. The molecule has 2 atom stereocenters. The number of aliphatic hydroxyl groups is 1. The van der Waals surface area contributed by atoms with E-state index >= 15 is 0 Å². The molecule has 1 aliphatic heterocycles. The van der Waals surface area contributed by atoms with Gasteiger partial charge in [-0.15, -0.1) is 0 Å². The average molecular weight is 442 g/mol. The number of aliphatic carboxylic acids is 1. The van der Waals surface area contributed by atoms with Crippen molar-refractivity contribution in [2.75, 3.05) is 6.54 Å². The summed E-state index contributed by atoms with van der Waals surface area (Å²) < 4.78 is 0. The van der Waals surface area contributed by atoms with Gasteiger partial charge in [0.05, 0.1) is 6.10 Å². The number of carbonyl (C=O) groups is 2. The Labute approximate surface area is 193 Å². The van der Waals surface area contributed by atoms with Crippen molar-refractivity contribution in [3.8, 4) is 0 Å². The minimum Gasteiger partial charge on any atom is -0.480 e. The van der Waals surface area contributed by atoms with E-state index in [9.17, 15) is 14.7 Å². The zero-order valence-electron chi connectivity index (χ0n) is 19.3. The number of likely N-dealkylation sites (tertiary alicyclic amines) is 1. The van der Waals surface area contributed by atoms with E-state index in [1.807, 2.05) is 12.2 Å². The number of hydrogen-bond donors (Lipinski definition) is 2. The Balaban J connectivity index is 2.07. The highest BCUT2D eigenvalue weighted by Gasteiger charge is 2.38. The molecule has 2 N–H and O–H groups in total. The number of aliphatic hydroxyl groups excluding tert-OH is 1. The van der Waals surface area contributed by atoms with Crippen molar-refractivity contribution in [1.82, 2.24) is 4.90 Å². The van der Waals surface area contributed by atoms with E-state index in [1.165, 1.54) is 4.90 Å². The Bertz CT molecular complexity index is 715. The lowest BCUT2D eigenvalue weighted by atomic mass is 10.2. The predicted molar refractivity (Wildman–Crippen MR) is 131 cm³/mol. The molecule has 1 amide bonds. The molecule has 5 heteroatoms. The van der Waals surface area contributed by atoms with Crippen molar-refractivity contribution in [1.29, 1.82) is 0 Å². The van der Waals surface area contributed by atoms with E-state index in [0.717, 1.165) is 38.5 Å². The van der Waals surface area contributed by atoms with Crippen LogP contribution in [0.4, 0.5) is 0 Å². The van der Waals surface area contributed by atoms with E-state index in [1.54, 1.807) is 0 Å². The molecule has 0 radical (unpaired) electrons. The molecule has 0 aromatic carbocycles. The third kappa shape index (κ3) is 12.9. The average Bonchev–Trinajstić information content (AvgIpc) is 3.17. The molecule has 0 aliphatic carbocycles. The first kappa shape index (κ1) is 27.4. The number of allylic oxidation sites excluding steroid dienone is 12. The minimum absolute atomic E-state index is 0.111. The maximum absolute atomic E-state index is 12.2. The number of carbonyl (C=O) groups excluding carboxylic acids is 1. The molecule has 0 bridgehead atoms. The van der Waals surface area contributed by atoms with Crippen molar-refractivity contribution >= 4 is 11.9 Å². The molecule has 1 fully saturated rings. The third-order valence-electron chi connectivity index (χ3n) is 5.01. The van der Waals surface area contributed by atoms with Crippen LogP contribution in [0.15, 0.2) is 72.9 Å². The Morgan fingerprint density at radius 3 is 1.66 bits per heavy atom. The SMILES string of the molecule is CC/C=C\C/C=C/C/C=C/C/C=C/C/C=C/C/C=C/CCC(=O)N1CC(O)CC1C(=O)O. The smallest absolute Gasteiger partial charge is 0.326 e. The number of amides is 1. The molecule has 1 heterocycles. The van der Waals surface area contributed by atoms with Crippen LogP contribution < -0.4 is 0 Å². The van der Waals surface area contributed by atoms with Gasteiger partial charge >= 0.3 is 5.97 Å². The fraction of sp³-hybridized carbons (Fsp3) is 0.481. The van der Waals surface area contributed by atoms with E-state index in [2.05, 4.69) is 67.7 Å². The number of carboxylic acid groups (broad SMARTS) is 1. The van der Waals surface area contributed by atoms with Gasteiger partial charge in [0.15, 0.2) is 0 Å². The van der Waals surface area contributed by atoms with Crippen LogP contribution in [-0.4, -0.2) is 45.7 Å². The maximum atomic E-state index is 12.2. The van der Waals surface area contributed by atoms with Gasteiger partial charge in [0, 0.05) is 19.4 Å². The highest BCUT2D eigenvalue weighted by atomic mass is 16.4. The van der Waals surface area contributed by atoms with E-state index in [0.29, 0.717) is 6.42 Å². The van der Waals surface area contributed by atoms with Crippen LogP contribution in [0, 0.1) is 0 Å². The van der Waals surface area contributed by atoms with Crippen LogP contribution in [0.2, 0.25) is 0 Å². The van der Waals surface area contributed by atoms with Gasteiger partial charge in [-0.25, -0.2) is 4.79 Å². The van der Waals surface area contributed by atoms with Gasteiger partial charge < -0.3 is 15.1 Å². The molecule has 32 heavy (non-hydrogen) atoms. The van der Waals surface area contributed by atoms with Crippen molar-refractivity contribution < 1.29 is 19.8 Å². The topological polar surface area (TPSA) is 77.8 Å². The summed E-state index contributed by atoms with van der Waals surface area (Å²) in [7, 11) is 0. The van der Waals surface area contributed by atoms with E-state index in [-0.39, 0.29) is 25.3 Å². The van der Waals surface area contributed by atoms with Gasteiger partial charge in [0.2, 0.25) is 5.91 Å². The number of hydrogen-bond acceptors (Lipinski definition) is 3. The van der Waals surface area contributed by atoms with Gasteiger partial charge in [0.1, 0.15) is 6.04 Å². The number of nitrogens with zero attached hydrogens (tertiary/aromatic N) is 1. The second-order valence-electron chi connectivity index (χ2n) is 7.74. The normalized spacial score (nSPS) is 19.9. The summed E-state index contributed by atoms with van der Waals surface area (Å²) in [5.41, 5.74) is 0. The fourth-order valence-corrected chi connectivity index (χ4v) is 3.31. The lowest BCUT2D eigenvalue weighted by Gasteiger charge is -2.20. The first-order chi connectivity index (χ1) is 15.6. The molecule has 1 rings (SSSR count). The summed E-state index contributed by atoms with van der Waals surface area (Å²) in [6.07, 6.45) is 31.5. The second kappa shape index (κ2) is 18.0. The molecule has 0 spiro atoms. The summed E-state index contributed by atoms with van der Waals surface area (Å²) in [4.78, 5) is 24.6. The highest BCUT2D eigenvalue weighted by Crippen LogP contribution is 2.19. The quantitative estimate of drug-likeness (QED) is 0.329. The van der Waals surface area contributed by atoms with Crippen LogP contribution in [0.5, 0.6) is 0 Å². The summed E-state index contributed by atoms with van der Waals surface area (Å²) in [6.45, 7) is 2.25. The zero-order chi connectivity index (χ0) is 23.4. The summed E-state index contributed by atoms with van der Waals surface area (Å²) in [6, 6.07) is -0.900. The summed E-state index contributed by atoms with van der Waals surface area (Å²) in [5, 5.41) is 18.8. The van der Waals surface area contributed by atoms with Crippen molar-refractivity contribution in [2.24, 2.45) is 0 Å². The molecule has 2 unspecified atom stereocenters. The monoisotopic (exact) mass is 441 g/mol. The van der Waals surface area contributed by atoms with Gasteiger partial charge in [-0.3, -0.25) is 4.79 Å². The van der Waals surface area contributed by atoms with Crippen molar-refractivity contribution in [3.63, 3.8) is 0 Å². The molecule has 0 saturated carbocycles. The lowest BCUT2D eigenvalue weighted by Crippen LogP contribution is -2.40. The standard InChI is InChI=1S/C27H39NO4/c1-2-3-4-5-6-7-8-9-10-11-12-13-14-15-16-17-18-19-20-21-26(30)28-23-24(29)22-25(28)27(31)32/h3-4,6-7,9-10,12-13,15-16,18-19,24-25,29H,2,5,8,11,14,17,20-23H2,1H3,(H,31,32)/b4-3-,7-6+,10-9+,13-12+,16-15+,19-18+. The van der Waals surface area contributed by atoms with Crippen LogP contribution in [0.1, 0.15) is 64.7 Å². The third-order valence-corrected chi connectivity index (χ3v) is 5.01. The second-order valence-corrected chi connectivity index (χ2v) is 7.74. The molecule has 1 saturated heterocycles. The van der Waals surface area contributed by atoms with Crippen molar-refractivity contribution in [3.05, 3.63) is 72.9 Å². The summed E-state index contributed by atoms with van der Waals surface area (Å²) in [5.74, 6) is -1.27. The van der Waals surface area contributed by atoms with Gasteiger partial charge in [0.25, 0.3) is 0 Å². The Morgan fingerprint density at radius 1 is 0.781 bits per heavy atom. The number of carboxylic acids is 1. The molecule has 0 aromatic rings. The van der Waals surface area contributed by atoms with Crippen molar-refractivity contribution in [2.45, 2.75) is 76.9 Å².